The fourth-order valence-corrected chi connectivity index (χ4v) is 3.43. The molecule has 3 N–H and O–H groups in total. The minimum atomic E-state index is -1.58. The van der Waals surface area contributed by atoms with Crippen molar-refractivity contribution in [2.24, 2.45) is 0 Å². The number of carbonyl (C=O) groups is 1. The van der Waals surface area contributed by atoms with E-state index in [9.17, 15) is 23.1 Å². The molecule has 1 aromatic carbocycles. The molecule has 1 aromatic rings. The van der Waals surface area contributed by atoms with Crippen LogP contribution < -0.4 is 10.6 Å². The lowest BCUT2D eigenvalue weighted by molar-refractivity contribution is 0.216. The fourth-order valence-electron chi connectivity index (χ4n) is 2.23. The molecule has 1 aliphatic heterocycles. The van der Waals surface area contributed by atoms with Crippen molar-refractivity contribution in [1.29, 1.82) is 0 Å². The minimum Gasteiger partial charge on any atom is -0.394 e. The van der Waals surface area contributed by atoms with Gasteiger partial charge in [-0.15, -0.1) is 0 Å². The summed E-state index contributed by atoms with van der Waals surface area (Å²) in [7, 11) is 0. The van der Waals surface area contributed by atoms with Gasteiger partial charge in [0.2, 0.25) is 0 Å². The zero-order valence-electron chi connectivity index (χ0n) is 11.7. The van der Waals surface area contributed by atoms with Crippen molar-refractivity contribution >= 4 is 17.8 Å². The van der Waals surface area contributed by atoms with Gasteiger partial charge in [-0.25, -0.2) is 18.0 Å². The molecular weight excluding hydrogens is 317 g/mol. The molecule has 2 unspecified atom stereocenters. The van der Waals surface area contributed by atoms with Gasteiger partial charge in [0.1, 0.15) is 0 Å². The Balaban J connectivity index is 1.94. The third kappa shape index (κ3) is 4.30. The maximum absolute atomic E-state index is 13.2. The number of nitrogens with one attached hydrogen (secondary N) is 2. The second-order valence-corrected chi connectivity index (χ2v) is 6.43. The van der Waals surface area contributed by atoms with Crippen molar-refractivity contribution in [2.45, 2.75) is 24.1 Å². The third-order valence-electron chi connectivity index (χ3n) is 3.41. The van der Waals surface area contributed by atoms with Crippen LogP contribution in [0.3, 0.4) is 0 Å². The quantitative estimate of drug-likeness (QED) is 0.724. The number of urea groups is 1. The van der Waals surface area contributed by atoms with E-state index < -0.39 is 36.1 Å². The van der Waals surface area contributed by atoms with E-state index in [1.807, 2.05) is 0 Å². The molecule has 4 nitrogen and oxygen atoms in total. The van der Waals surface area contributed by atoms with E-state index in [1.54, 1.807) is 11.8 Å². The number of hydrogen-bond donors (Lipinski definition) is 3. The number of thioether (sulfide) groups is 1. The average molecular weight is 334 g/mol. The van der Waals surface area contributed by atoms with Crippen LogP contribution in [0.2, 0.25) is 0 Å². The molecule has 1 saturated heterocycles. The summed E-state index contributed by atoms with van der Waals surface area (Å²) in [6, 6.07) is -0.0451. The number of amides is 2. The van der Waals surface area contributed by atoms with Crippen LogP contribution in [0.5, 0.6) is 0 Å². The Kier molecular flexibility index (Phi) is 5.96. The summed E-state index contributed by atoms with van der Waals surface area (Å²) in [5, 5.41) is 14.7. The van der Waals surface area contributed by atoms with Gasteiger partial charge in [0.05, 0.1) is 12.6 Å². The first-order chi connectivity index (χ1) is 10.5. The molecular formula is C14H17F3N2O2S. The molecule has 0 saturated carbocycles. The van der Waals surface area contributed by atoms with Crippen LogP contribution in [-0.2, 0) is 0 Å². The predicted molar refractivity (Wildman–Crippen MR) is 78.2 cm³/mol. The molecule has 0 spiro atoms. The number of aliphatic hydroxyl groups is 1. The molecule has 22 heavy (non-hydrogen) atoms. The van der Waals surface area contributed by atoms with Crippen LogP contribution in [-0.4, -0.2) is 35.3 Å². The molecule has 8 heteroatoms. The minimum absolute atomic E-state index is 0.0377. The van der Waals surface area contributed by atoms with Gasteiger partial charge in [0.25, 0.3) is 0 Å². The van der Waals surface area contributed by atoms with Crippen molar-refractivity contribution in [2.75, 3.05) is 18.9 Å². The highest BCUT2D eigenvalue weighted by molar-refractivity contribution is 8.00. The van der Waals surface area contributed by atoms with Crippen molar-refractivity contribution in [3.05, 3.63) is 35.1 Å². The van der Waals surface area contributed by atoms with Crippen molar-refractivity contribution in [3.63, 3.8) is 0 Å². The number of carbonyl (C=O) groups excluding carboxylic acids is 1. The van der Waals surface area contributed by atoms with Crippen LogP contribution in [0.1, 0.15) is 24.4 Å². The summed E-state index contributed by atoms with van der Waals surface area (Å²) in [4.78, 5) is 11.8. The molecule has 0 aliphatic carbocycles. The number of benzene rings is 1. The maximum Gasteiger partial charge on any atom is 0.315 e. The van der Waals surface area contributed by atoms with Gasteiger partial charge in [0.15, 0.2) is 17.5 Å². The highest BCUT2D eigenvalue weighted by Gasteiger charge is 2.20. The largest absolute Gasteiger partial charge is 0.394 e. The Morgan fingerprint density at radius 1 is 1.36 bits per heavy atom. The Hall–Kier alpha value is -1.41. The molecule has 2 atom stereocenters. The molecule has 0 radical (unpaired) electrons. The van der Waals surface area contributed by atoms with Gasteiger partial charge in [-0.05, 0) is 36.3 Å². The van der Waals surface area contributed by atoms with E-state index in [0.717, 1.165) is 30.7 Å². The molecule has 1 heterocycles. The number of rotatable bonds is 5. The smallest absolute Gasteiger partial charge is 0.315 e. The summed E-state index contributed by atoms with van der Waals surface area (Å²) in [5.41, 5.74) is -0.0377. The van der Waals surface area contributed by atoms with Crippen LogP contribution in [0, 0.1) is 17.5 Å². The van der Waals surface area contributed by atoms with Gasteiger partial charge >= 0.3 is 6.03 Å². The van der Waals surface area contributed by atoms with E-state index in [4.69, 9.17) is 0 Å². The normalized spacial score (nSPS) is 19.0. The second-order valence-electron chi connectivity index (χ2n) is 5.02. The summed E-state index contributed by atoms with van der Waals surface area (Å²) >= 11 is 1.78. The molecule has 1 fully saturated rings. The van der Waals surface area contributed by atoms with Gasteiger partial charge < -0.3 is 15.7 Å². The SMILES string of the molecule is O=C(NCC1CCCS1)NC(CO)c1cc(F)c(F)c(F)c1. The van der Waals surface area contributed by atoms with Crippen molar-refractivity contribution in [1.82, 2.24) is 10.6 Å². The highest BCUT2D eigenvalue weighted by Crippen LogP contribution is 2.25. The van der Waals surface area contributed by atoms with Crippen LogP contribution >= 0.6 is 11.8 Å². The van der Waals surface area contributed by atoms with E-state index in [-0.39, 0.29) is 5.56 Å². The number of hydrogen-bond acceptors (Lipinski definition) is 3. The predicted octanol–water partition coefficient (Wildman–Crippen LogP) is 2.33. The molecule has 2 rings (SSSR count). The van der Waals surface area contributed by atoms with Crippen molar-refractivity contribution in [3.8, 4) is 0 Å². The van der Waals surface area contributed by atoms with E-state index in [0.29, 0.717) is 11.8 Å². The lowest BCUT2D eigenvalue weighted by Gasteiger charge is -2.18. The van der Waals surface area contributed by atoms with Crippen LogP contribution in [0.25, 0.3) is 0 Å². The number of halogens is 3. The first-order valence-electron chi connectivity index (χ1n) is 6.92. The van der Waals surface area contributed by atoms with Crippen LogP contribution in [0.4, 0.5) is 18.0 Å². The lowest BCUT2D eigenvalue weighted by atomic mass is 10.1. The zero-order valence-corrected chi connectivity index (χ0v) is 12.6. The first-order valence-corrected chi connectivity index (χ1v) is 7.97. The topological polar surface area (TPSA) is 61.4 Å². The molecule has 0 bridgehead atoms. The highest BCUT2D eigenvalue weighted by atomic mass is 32.2. The third-order valence-corrected chi connectivity index (χ3v) is 4.81. The summed E-state index contributed by atoms with van der Waals surface area (Å²) < 4.78 is 39.3. The Bertz CT molecular complexity index is 516. The van der Waals surface area contributed by atoms with Gasteiger partial charge in [-0.3, -0.25) is 0 Å². The second kappa shape index (κ2) is 7.73. The first kappa shape index (κ1) is 17.0. The van der Waals surface area contributed by atoms with Gasteiger partial charge in [-0.1, -0.05) is 0 Å². The molecule has 2 amide bonds. The Labute approximate surface area is 130 Å². The monoisotopic (exact) mass is 334 g/mol. The maximum atomic E-state index is 13.2. The zero-order chi connectivity index (χ0) is 16.1. The van der Waals surface area contributed by atoms with E-state index >= 15 is 0 Å². The lowest BCUT2D eigenvalue weighted by Crippen LogP contribution is -2.41. The summed E-state index contributed by atoms with van der Waals surface area (Å²) in [6.07, 6.45) is 2.15. The molecule has 1 aliphatic rings. The van der Waals surface area contributed by atoms with Gasteiger partial charge in [0, 0.05) is 11.8 Å². The summed E-state index contributed by atoms with van der Waals surface area (Å²) in [6.45, 7) is -0.0725. The van der Waals surface area contributed by atoms with Gasteiger partial charge in [-0.2, -0.15) is 11.8 Å². The van der Waals surface area contributed by atoms with E-state index in [2.05, 4.69) is 10.6 Å². The Morgan fingerprint density at radius 3 is 2.59 bits per heavy atom. The fraction of sp³-hybridized carbons (Fsp3) is 0.500. The summed E-state index contributed by atoms with van der Waals surface area (Å²) in [5.74, 6) is -3.24. The van der Waals surface area contributed by atoms with Crippen LogP contribution in [0.15, 0.2) is 12.1 Å². The average Bonchev–Trinajstić information content (AvgIpc) is 3.01. The standard InChI is InChI=1S/C14H17F3N2O2S/c15-10-4-8(5-11(16)13(10)17)12(7-20)19-14(21)18-6-9-2-1-3-22-9/h4-5,9,12,20H,1-3,6-7H2,(H2,18,19,21). The Morgan fingerprint density at radius 2 is 2.05 bits per heavy atom. The molecule has 122 valence electrons. The van der Waals surface area contributed by atoms with Crippen molar-refractivity contribution < 1.29 is 23.1 Å². The van der Waals surface area contributed by atoms with E-state index in [1.165, 1.54) is 0 Å². The molecule has 0 aromatic heterocycles. The number of aliphatic hydroxyl groups excluding tert-OH is 1.